The van der Waals surface area contributed by atoms with Crippen LogP contribution >= 0.6 is 0 Å². The molecule has 2 aromatic rings. The standard InChI is InChI=1S/C21H27N5O4/c1-2-3-14-22-20(28)21(12-5-4-6-13-21)23-19(27)18-11-15-25(24-18)16-7-9-17(10-8-16)26(29)30/h7-11,15H,2-6,12-14H2,1H3,(H,22,28)(H,23,27). The highest BCUT2D eigenvalue weighted by molar-refractivity contribution is 5.98. The number of carbonyl (C=O) groups is 2. The Hall–Kier alpha value is -3.23. The van der Waals surface area contributed by atoms with E-state index in [1.807, 2.05) is 0 Å². The number of unbranched alkanes of at least 4 members (excludes halogenated alkanes) is 1. The quantitative estimate of drug-likeness (QED) is 0.391. The molecule has 160 valence electrons. The van der Waals surface area contributed by atoms with Crippen LogP contribution in [0.1, 0.15) is 62.4 Å². The van der Waals surface area contributed by atoms with Crippen molar-refractivity contribution in [3.05, 3.63) is 52.3 Å². The summed E-state index contributed by atoms with van der Waals surface area (Å²) < 4.78 is 1.48. The van der Waals surface area contributed by atoms with Gasteiger partial charge in [-0.25, -0.2) is 4.68 Å². The zero-order chi connectivity index (χ0) is 21.6. The molecule has 0 unspecified atom stereocenters. The monoisotopic (exact) mass is 413 g/mol. The number of hydrogen-bond donors (Lipinski definition) is 2. The molecule has 0 atom stereocenters. The van der Waals surface area contributed by atoms with Gasteiger partial charge in [-0.3, -0.25) is 19.7 Å². The van der Waals surface area contributed by atoms with Crippen molar-refractivity contribution < 1.29 is 14.5 Å². The second kappa shape index (κ2) is 9.51. The van der Waals surface area contributed by atoms with Crippen molar-refractivity contribution in [1.29, 1.82) is 0 Å². The summed E-state index contributed by atoms with van der Waals surface area (Å²) in [5.41, 5.74) is -0.124. The molecule has 3 rings (SSSR count). The molecule has 0 spiro atoms. The number of aromatic nitrogens is 2. The number of carbonyl (C=O) groups excluding carboxylic acids is 2. The summed E-state index contributed by atoms with van der Waals surface area (Å²) in [5, 5.41) is 21.0. The summed E-state index contributed by atoms with van der Waals surface area (Å²) in [6.07, 6.45) is 7.55. The van der Waals surface area contributed by atoms with Gasteiger partial charge in [0.1, 0.15) is 5.54 Å². The molecule has 9 heteroatoms. The van der Waals surface area contributed by atoms with E-state index in [0.717, 1.165) is 32.1 Å². The highest BCUT2D eigenvalue weighted by Crippen LogP contribution is 2.29. The smallest absolute Gasteiger partial charge is 0.272 e. The van der Waals surface area contributed by atoms with Crippen LogP contribution in [0.5, 0.6) is 0 Å². The minimum atomic E-state index is -0.903. The summed E-state index contributed by atoms with van der Waals surface area (Å²) in [6.45, 7) is 2.66. The van der Waals surface area contributed by atoms with Gasteiger partial charge in [0.05, 0.1) is 10.6 Å². The molecular weight excluding hydrogens is 386 g/mol. The topological polar surface area (TPSA) is 119 Å². The van der Waals surface area contributed by atoms with Gasteiger partial charge in [0.15, 0.2) is 5.69 Å². The molecular formula is C21H27N5O4. The molecule has 0 saturated heterocycles. The third-order valence-electron chi connectivity index (χ3n) is 5.46. The van der Waals surface area contributed by atoms with Crippen molar-refractivity contribution in [1.82, 2.24) is 20.4 Å². The second-order valence-corrected chi connectivity index (χ2v) is 7.63. The van der Waals surface area contributed by atoms with Crippen molar-refractivity contribution in [2.75, 3.05) is 6.54 Å². The van der Waals surface area contributed by atoms with E-state index >= 15 is 0 Å². The number of nitrogens with one attached hydrogen (secondary N) is 2. The predicted molar refractivity (Wildman–Crippen MR) is 111 cm³/mol. The summed E-state index contributed by atoms with van der Waals surface area (Å²) in [5.74, 6) is -0.526. The average molecular weight is 413 g/mol. The van der Waals surface area contributed by atoms with Crippen molar-refractivity contribution in [2.45, 2.75) is 57.4 Å². The first-order chi connectivity index (χ1) is 14.4. The molecule has 9 nitrogen and oxygen atoms in total. The fourth-order valence-electron chi connectivity index (χ4n) is 3.71. The van der Waals surface area contributed by atoms with Gasteiger partial charge in [-0.15, -0.1) is 0 Å². The lowest BCUT2D eigenvalue weighted by Crippen LogP contribution is -2.59. The zero-order valence-electron chi connectivity index (χ0n) is 17.1. The van der Waals surface area contributed by atoms with Gasteiger partial charge >= 0.3 is 0 Å². The highest BCUT2D eigenvalue weighted by Gasteiger charge is 2.41. The van der Waals surface area contributed by atoms with Gasteiger partial charge in [0, 0.05) is 24.9 Å². The molecule has 0 bridgehead atoms. The molecule has 1 aromatic carbocycles. The van der Waals surface area contributed by atoms with E-state index < -0.39 is 16.4 Å². The highest BCUT2D eigenvalue weighted by atomic mass is 16.6. The fourth-order valence-corrected chi connectivity index (χ4v) is 3.71. The van der Waals surface area contributed by atoms with Gasteiger partial charge in [-0.2, -0.15) is 5.10 Å². The maximum Gasteiger partial charge on any atom is 0.272 e. The number of amides is 2. The second-order valence-electron chi connectivity index (χ2n) is 7.63. The Labute approximate surface area is 175 Å². The summed E-state index contributed by atoms with van der Waals surface area (Å²) >= 11 is 0. The summed E-state index contributed by atoms with van der Waals surface area (Å²) in [6, 6.07) is 7.47. The van der Waals surface area contributed by atoms with Gasteiger partial charge in [-0.05, 0) is 37.5 Å². The van der Waals surface area contributed by atoms with Crippen LogP contribution in [0.4, 0.5) is 5.69 Å². The van der Waals surface area contributed by atoms with Crippen LogP contribution in [0, 0.1) is 10.1 Å². The molecule has 1 aromatic heterocycles. The first kappa shape index (κ1) is 21.5. The molecule has 2 N–H and O–H groups in total. The van der Waals surface area contributed by atoms with E-state index in [4.69, 9.17) is 0 Å². The van der Waals surface area contributed by atoms with Crippen LogP contribution in [0.2, 0.25) is 0 Å². The van der Waals surface area contributed by atoms with E-state index in [2.05, 4.69) is 22.7 Å². The lowest BCUT2D eigenvalue weighted by atomic mass is 9.80. The largest absolute Gasteiger partial charge is 0.354 e. The maximum atomic E-state index is 12.9. The van der Waals surface area contributed by atoms with Crippen LogP contribution < -0.4 is 10.6 Å². The minimum absolute atomic E-state index is 0.0165. The Bertz CT molecular complexity index is 900. The Morgan fingerprint density at radius 2 is 1.87 bits per heavy atom. The molecule has 1 fully saturated rings. The number of hydrogen-bond acceptors (Lipinski definition) is 5. The maximum absolute atomic E-state index is 12.9. The minimum Gasteiger partial charge on any atom is -0.354 e. The average Bonchev–Trinajstić information content (AvgIpc) is 3.25. The first-order valence-corrected chi connectivity index (χ1v) is 10.4. The van der Waals surface area contributed by atoms with Crippen LogP contribution in [0.25, 0.3) is 5.69 Å². The van der Waals surface area contributed by atoms with Crippen LogP contribution in [-0.4, -0.2) is 38.6 Å². The number of non-ortho nitro benzene ring substituents is 1. The number of nitro groups is 1. The van der Waals surface area contributed by atoms with Gasteiger partial charge in [0.25, 0.3) is 11.6 Å². The summed E-state index contributed by atoms with van der Waals surface area (Å²) in [4.78, 5) is 36.1. The normalized spacial score (nSPS) is 15.4. The van der Waals surface area contributed by atoms with E-state index in [-0.39, 0.29) is 17.3 Å². The van der Waals surface area contributed by atoms with E-state index in [0.29, 0.717) is 25.1 Å². The van der Waals surface area contributed by atoms with Crippen molar-refractivity contribution in [2.24, 2.45) is 0 Å². The Morgan fingerprint density at radius 1 is 1.17 bits per heavy atom. The number of nitro benzene ring substituents is 1. The molecule has 30 heavy (non-hydrogen) atoms. The Kier molecular flexibility index (Phi) is 6.81. The number of nitrogens with zero attached hydrogens (tertiary/aromatic N) is 3. The molecule has 0 radical (unpaired) electrons. The molecule has 1 saturated carbocycles. The molecule has 1 aliphatic rings. The van der Waals surface area contributed by atoms with Gasteiger partial charge in [0.2, 0.25) is 5.91 Å². The van der Waals surface area contributed by atoms with Crippen molar-refractivity contribution in [3.63, 3.8) is 0 Å². The number of rotatable bonds is 8. The fraction of sp³-hybridized carbons (Fsp3) is 0.476. The SMILES string of the molecule is CCCCNC(=O)C1(NC(=O)c2ccn(-c3ccc([N+](=O)[O-])cc3)n2)CCCCC1. The van der Waals surface area contributed by atoms with E-state index in [1.54, 1.807) is 24.4 Å². The van der Waals surface area contributed by atoms with E-state index in [9.17, 15) is 19.7 Å². The van der Waals surface area contributed by atoms with Crippen molar-refractivity contribution in [3.8, 4) is 5.69 Å². The first-order valence-electron chi connectivity index (χ1n) is 10.4. The van der Waals surface area contributed by atoms with Crippen LogP contribution in [0.15, 0.2) is 36.5 Å². The van der Waals surface area contributed by atoms with E-state index in [1.165, 1.54) is 16.8 Å². The van der Waals surface area contributed by atoms with Crippen LogP contribution in [-0.2, 0) is 4.79 Å². The van der Waals surface area contributed by atoms with Crippen molar-refractivity contribution >= 4 is 17.5 Å². The molecule has 1 aliphatic carbocycles. The Balaban J connectivity index is 1.73. The summed E-state index contributed by atoms with van der Waals surface area (Å²) in [7, 11) is 0. The van der Waals surface area contributed by atoms with Gasteiger partial charge in [-0.1, -0.05) is 32.6 Å². The number of benzene rings is 1. The molecule has 0 aliphatic heterocycles. The third kappa shape index (κ3) is 4.84. The lowest BCUT2D eigenvalue weighted by Gasteiger charge is -2.36. The van der Waals surface area contributed by atoms with Gasteiger partial charge < -0.3 is 10.6 Å². The lowest BCUT2D eigenvalue weighted by molar-refractivity contribution is -0.384. The molecule has 2 amide bonds. The van der Waals surface area contributed by atoms with Crippen LogP contribution in [0.3, 0.4) is 0 Å². The Morgan fingerprint density at radius 3 is 2.50 bits per heavy atom. The third-order valence-corrected chi connectivity index (χ3v) is 5.46. The zero-order valence-corrected chi connectivity index (χ0v) is 17.1. The predicted octanol–water partition coefficient (Wildman–Crippen LogP) is 3.13. The molecule has 1 heterocycles.